The molecule has 2 N–H and O–H groups in total. The van der Waals surface area contributed by atoms with Crippen molar-refractivity contribution < 1.29 is 9.59 Å². The molecule has 3 amide bonds. The minimum atomic E-state index is -0.385. The smallest absolute Gasteiger partial charge is 0.324 e. The maximum Gasteiger partial charge on any atom is 0.324 e. The summed E-state index contributed by atoms with van der Waals surface area (Å²) in [5.41, 5.74) is 2.06. The van der Waals surface area contributed by atoms with Gasteiger partial charge >= 0.3 is 6.03 Å². The van der Waals surface area contributed by atoms with Crippen LogP contribution in [0.2, 0.25) is 0 Å². The Kier molecular flexibility index (Phi) is 4.80. The van der Waals surface area contributed by atoms with Crippen LogP contribution in [0.5, 0.6) is 0 Å². The predicted octanol–water partition coefficient (Wildman–Crippen LogP) is 2.32. The number of hydrogen-bond donors (Lipinski definition) is 2. The highest BCUT2D eigenvalue weighted by molar-refractivity contribution is 5.98. The second-order valence-electron chi connectivity index (χ2n) is 7.85. The molecule has 0 radical (unpaired) electrons. The summed E-state index contributed by atoms with van der Waals surface area (Å²) in [5, 5.41) is 9.83. The van der Waals surface area contributed by atoms with E-state index >= 15 is 0 Å². The summed E-state index contributed by atoms with van der Waals surface area (Å²) in [7, 11) is 0. The number of nitrogens with zero attached hydrogens (tertiary/aromatic N) is 3. The Morgan fingerprint density at radius 1 is 1.19 bits per heavy atom. The van der Waals surface area contributed by atoms with Crippen LogP contribution in [0.15, 0.2) is 24.3 Å². The molecule has 1 unspecified atom stereocenters. The average Bonchev–Trinajstić information content (AvgIpc) is 3.05. The van der Waals surface area contributed by atoms with E-state index in [0.717, 1.165) is 5.56 Å². The first kappa shape index (κ1) is 18.1. The standard InChI is InChI=1S/C19H25N5O2/c1-12-5-7-13(8-6-12)9-14-10-20-18(26)24(16(14)25)11-15-21-17(23-22-15)19(2,3)4/h5-8,14H,9-11H2,1-4H3,(H,20,26)(H,21,22,23). The lowest BCUT2D eigenvalue weighted by molar-refractivity contribution is -0.134. The fourth-order valence-electron chi connectivity index (χ4n) is 2.88. The third-order valence-corrected chi connectivity index (χ3v) is 4.47. The Labute approximate surface area is 153 Å². The van der Waals surface area contributed by atoms with Crippen LogP contribution < -0.4 is 5.32 Å². The monoisotopic (exact) mass is 355 g/mol. The first-order valence-corrected chi connectivity index (χ1v) is 8.80. The molecule has 1 aliphatic rings. The molecule has 2 heterocycles. The lowest BCUT2D eigenvalue weighted by Crippen LogP contribution is -2.54. The molecule has 0 saturated carbocycles. The zero-order chi connectivity index (χ0) is 18.9. The molecule has 1 saturated heterocycles. The minimum Gasteiger partial charge on any atom is -0.337 e. The van der Waals surface area contributed by atoms with Crippen molar-refractivity contribution in [2.45, 2.75) is 46.1 Å². The summed E-state index contributed by atoms with van der Waals surface area (Å²) in [6, 6.07) is 7.72. The lowest BCUT2D eigenvalue weighted by atomic mass is 9.96. The number of hydrogen-bond acceptors (Lipinski definition) is 4. The van der Waals surface area contributed by atoms with E-state index in [1.165, 1.54) is 10.5 Å². The average molecular weight is 355 g/mol. The van der Waals surface area contributed by atoms with Gasteiger partial charge in [0.1, 0.15) is 5.82 Å². The van der Waals surface area contributed by atoms with Gasteiger partial charge in [-0.1, -0.05) is 50.6 Å². The van der Waals surface area contributed by atoms with Crippen molar-refractivity contribution in [1.82, 2.24) is 25.4 Å². The van der Waals surface area contributed by atoms with Gasteiger partial charge in [0.25, 0.3) is 0 Å². The summed E-state index contributed by atoms with van der Waals surface area (Å²) in [4.78, 5) is 30.6. The number of aromatic nitrogens is 3. The highest BCUT2D eigenvalue weighted by Gasteiger charge is 2.35. The Bertz CT molecular complexity index is 804. The molecule has 7 heteroatoms. The number of nitrogens with one attached hydrogen (secondary N) is 2. The largest absolute Gasteiger partial charge is 0.337 e. The van der Waals surface area contributed by atoms with E-state index in [9.17, 15) is 9.59 Å². The van der Waals surface area contributed by atoms with E-state index in [2.05, 4.69) is 20.5 Å². The molecule has 1 fully saturated rings. The summed E-state index contributed by atoms with van der Waals surface area (Å²) in [6.45, 7) is 8.51. The predicted molar refractivity (Wildman–Crippen MR) is 97.4 cm³/mol. The van der Waals surface area contributed by atoms with Crippen molar-refractivity contribution in [1.29, 1.82) is 0 Å². The molecule has 0 aliphatic carbocycles. The maximum absolute atomic E-state index is 12.8. The molecule has 3 rings (SSSR count). The number of amides is 3. The van der Waals surface area contributed by atoms with E-state index in [1.807, 2.05) is 52.0 Å². The summed E-state index contributed by atoms with van der Waals surface area (Å²) < 4.78 is 0. The van der Waals surface area contributed by atoms with E-state index in [0.29, 0.717) is 24.6 Å². The van der Waals surface area contributed by atoms with Crippen LogP contribution in [-0.2, 0) is 23.2 Å². The summed E-state index contributed by atoms with van der Waals surface area (Å²) in [5.74, 6) is 0.714. The second kappa shape index (κ2) is 6.90. The first-order valence-electron chi connectivity index (χ1n) is 8.80. The second-order valence-corrected chi connectivity index (χ2v) is 7.85. The van der Waals surface area contributed by atoms with Gasteiger partial charge < -0.3 is 5.32 Å². The van der Waals surface area contributed by atoms with Crippen molar-refractivity contribution in [2.75, 3.05) is 6.54 Å². The number of benzene rings is 1. The van der Waals surface area contributed by atoms with E-state index in [1.54, 1.807) is 0 Å². The van der Waals surface area contributed by atoms with Gasteiger partial charge in [-0.2, -0.15) is 5.10 Å². The normalized spacial score (nSPS) is 18.2. The van der Waals surface area contributed by atoms with Gasteiger partial charge in [0.15, 0.2) is 5.82 Å². The highest BCUT2D eigenvalue weighted by Crippen LogP contribution is 2.20. The Morgan fingerprint density at radius 3 is 2.50 bits per heavy atom. The molecule has 0 bridgehead atoms. The molecule has 1 atom stereocenters. The van der Waals surface area contributed by atoms with Gasteiger partial charge in [0.05, 0.1) is 12.5 Å². The molecule has 1 aromatic carbocycles. The number of urea groups is 1. The van der Waals surface area contributed by atoms with E-state index in [-0.39, 0.29) is 29.8 Å². The number of imide groups is 1. The third kappa shape index (κ3) is 3.92. The molecule has 138 valence electrons. The van der Waals surface area contributed by atoms with Gasteiger partial charge in [0, 0.05) is 12.0 Å². The van der Waals surface area contributed by atoms with E-state index in [4.69, 9.17) is 0 Å². The fourth-order valence-corrected chi connectivity index (χ4v) is 2.88. The van der Waals surface area contributed by atoms with E-state index < -0.39 is 0 Å². The van der Waals surface area contributed by atoms with Gasteiger partial charge in [-0.15, -0.1) is 0 Å². The quantitative estimate of drug-likeness (QED) is 0.880. The van der Waals surface area contributed by atoms with Crippen molar-refractivity contribution in [2.24, 2.45) is 5.92 Å². The highest BCUT2D eigenvalue weighted by atomic mass is 16.2. The Balaban J connectivity index is 1.72. The van der Waals surface area contributed by atoms with Gasteiger partial charge in [-0.05, 0) is 18.9 Å². The van der Waals surface area contributed by atoms with Crippen molar-refractivity contribution in [3.63, 3.8) is 0 Å². The molecule has 0 spiro atoms. The SMILES string of the molecule is Cc1ccc(CC2CNC(=O)N(Cc3nc(C(C)(C)C)n[nH]3)C2=O)cc1. The number of carbonyl (C=O) groups excluding carboxylic acids is 2. The molecule has 26 heavy (non-hydrogen) atoms. The maximum atomic E-state index is 12.8. The summed E-state index contributed by atoms with van der Waals surface area (Å²) in [6.07, 6.45) is 0.597. The number of rotatable bonds is 4. The fraction of sp³-hybridized carbons (Fsp3) is 0.474. The van der Waals surface area contributed by atoms with Crippen LogP contribution in [0, 0.1) is 12.8 Å². The van der Waals surface area contributed by atoms with Gasteiger partial charge in [-0.25, -0.2) is 9.78 Å². The number of H-pyrrole nitrogens is 1. The van der Waals surface area contributed by atoms with Crippen LogP contribution in [0.1, 0.15) is 43.5 Å². The van der Waals surface area contributed by atoms with Crippen molar-refractivity contribution >= 4 is 11.9 Å². The minimum absolute atomic E-state index is 0.0954. The topological polar surface area (TPSA) is 91.0 Å². The first-order chi connectivity index (χ1) is 12.2. The Hall–Kier alpha value is -2.70. The van der Waals surface area contributed by atoms with Crippen LogP contribution in [0.4, 0.5) is 4.79 Å². The number of aromatic amines is 1. The molecule has 1 aromatic heterocycles. The third-order valence-electron chi connectivity index (χ3n) is 4.47. The van der Waals surface area contributed by atoms with Crippen molar-refractivity contribution in [3.8, 4) is 0 Å². The Morgan fingerprint density at radius 2 is 1.88 bits per heavy atom. The number of carbonyl (C=O) groups is 2. The molecular weight excluding hydrogens is 330 g/mol. The number of aryl methyl sites for hydroxylation is 1. The molecule has 2 aromatic rings. The van der Waals surface area contributed by atoms with Gasteiger partial charge in [0.2, 0.25) is 5.91 Å². The van der Waals surface area contributed by atoms with Crippen molar-refractivity contribution in [3.05, 3.63) is 47.0 Å². The van der Waals surface area contributed by atoms with Crippen LogP contribution in [0.3, 0.4) is 0 Å². The van der Waals surface area contributed by atoms with Crippen LogP contribution in [0.25, 0.3) is 0 Å². The lowest BCUT2D eigenvalue weighted by Gasteiger charge is -2.30. The zero-order valence-corrected chi connectivity index (χ0v) is 15.7. The van der Waals surface area contributed by atoms with Gasteiger partial charge in [-0.3, -0.25) is 14.8 Å². The van der Waals surface area contributed by atoms with Crippen LogP contribution >= 0.6 is 0 Å². The summed E-state index contributed by atoms with van der Waals surface area (Å²) >= 11 is 0. The van der Waals surface area contributed by atoms with Crippen LogP contribution in [-0.4, -0.2) is 38.6 Å². The molecule has 7 nitrogen and oxygen atoms in total. The zero-order valence-electron chi connectivity index (χ0n) is 15.7. The molecule has 1 aliphatic heterocycles. The molecular formula is C19H25N5O2.